The summed E-state index contributed by atoms with van der Waals surface area (Å²) in [6, 6.07) is 14.5. The highest BCUT2D eigenvalue weighted by molar-refractivity contribution is 7.89. The number of rotatable bonds is 4. The molecule has 0 saturated carbocycles. The van der Waals surface area contributed by atoms with Crippen molar-refractivity contribution in [3.63, 3.8) is 0 Å². The number of hydrogen-bond acceptors (Lipinski definition) is 3. The Labute approximate surface area is 159 Å². The molecule has 1 heterocycles. The molecule has 0 atom stereocenters. The third-order valence-electron chi connectivity index (χ3n) is 4.99. The van der Waals surface area contributed by atoms with E-state index in [0.717, 1.165) is 11.6 Å². The quantitative estimate of drug-likeness (QED) is 0.806. The fourth-order valence-corrected chi connectivity index (χ4v) is 4.74. The van der Waals surface area contributed by atoms with Crippen LogP contribution in [0.4, 0.5) is 4.39 Å². The zero-order valence-corrected chi connectivity index (χ0v) is 16.2. The summed E-state index contributed by atoms with van der Waals surface area (Å²) < 4.78 is 40.1. The molecule has 7 heteroatoms. The molecule has 1 amide bonds. The Bertz CT molecular complexity index is 921. The molecular weight excluding hydrogens is 367 g/mol. The van der Waals surface area contributed by atoms with E-state index in [9.17, 15) is 17.6 Å². The van der Waals surface area contributed by atoms with E-state index in [0.29, 0.717) is 13.1 Å². The molecule has 0 aliphatic carbocycles. The monoisotopic (exact) mass is 390 g/mol. The van der Waals surface area contributed by atoms with E-state index in [2.05, 4.69) is 0 Å². The molecule has 3 rings (SSSR count). The van der Waals surface area contributed by atoms with Gasteiger partial charge in [0.15, 0.2) is 0 Å². The predicted molar refractivity (Wildman–Crippen MR) is 101 cm³/mol. The van der Waals surface area contributed by atoms with Crippen molar-refractivity contribution in [3.05, 3.63) is 66.0 Å². The van der Waals surface area contributed by atoms with Crippen molar-refractivity contribution in [1.29, 1.82) is 0 Å². The number of amides is 1. The maximum atomic E-state index is 13.4. The van der Waals surface area contributed by atoms with Crippen molar-refractivity contribution in [2.45, 2.75) is 24.2 Å². The van der Waals surface area contributed by atoms with E-state index < -0.39 is 21.3 Å². The Morgan fingerprint density at radius 1 is 0.963 bits per heavy atom. The minimum Gasteiger partial charge on any atom is -0.339 e. The van der Waals surface area contributed by atoms with Crippen molar-refractivity contribution < 1.29 is 17.6 Å². The highest BCUT2D eigenvalue weighted by Gasteiger charge is 2.37. The lowest BCUT2D eigenvalue weighted by atomic mass is 9.83. The summed E-state index contributed by atoms with van der Waals surface area (Å²) in [5.41, 5.74) is 0.232. The van der Waals surface area contributed by atoms with Gasteiger partial charge in [-0.05, 0) is 37.6 Å². The topological polar surface area (TPSA) is 57.7 Å². The van der Waals surface area contributed by atoms with E-state index in [4.69, 9.17) is 0 Å². The summed E-state index contributed by atoms with van der Waals surface area (Å²) in [4.78, 5) is 14.6. The molecule has 0 radical (unpaired) electrons. The van der Waals surface area contributed by atoms with Crippen LogP contribution >= 0.6 is 0 Å². The van der Waals surface area contributed by atoms with Crippen LogP contribution < -0.4 is 0 Å². The summed E-state index contributed by atoms with van der Waals surface area (Å²) in [6.07, 6.45) is 0. The molecular formula is C20H23FN2O3S. The fraction of sp³-hybridized carbons (Fsp3) is 0.350. The van der Waals surface area contributed by atoms with Gasteiger partial charge in [-0.3, -0.25) is 4.79 Å². The normalized spacial score (nSPS) is 16.3. The summed E-state index contributed by atoms with van der Waals surface area (Å²) >= 11 is 0. The van der Waals surface area contributed by atoms with Gasteiger partial charge < -0.3 is 4.90 Å². The zero-order chi connectivity index (χ0) is 19.7. The lowest BCUT2D eigenvalue weighted by Gasteiger charge is -2.38. The third-order valence-corrected chi connectivity index (χ3v) is 6.88. The van der Waals surface area contributed by atoms with Crippen molar-refractivity contribution >= 4 is 15.9 Å². The van der Waals surface area contributed by atoms with Crippen LogP contribution in [-0.2, 0) is 20.2 Å². The number of nitrogens with zero attached hydrogens (tertiary/aromatic N) is 2. The minimum absolute atomic E-state index is 0.0310. The molecule has 0 spiro atoms. The van der Waals surface area contributed by atoms with Crippen molar-refractivity contribution in [3.8, 4) is 0 Å². The number of hydrogen-bond donors (Lipinski definition) is 0. The van der Waals surface area contributed by atoms with Gasteiger partial charge in [-0.2, -0.15) is 4.31 Å². The molecule has 144 valence electrons. The first-order valence-electron chi connectivity index (χ1n) is 8.83. The van der Waals surface area contributed by atoms with Gasteiger partial charge in [-0.25, -0.2) is 12.8 Å². The molecule has 2 aromatic rings. The first-order valence-corrected chi connectivity index (χ1v) is 10.3. The molecule has 0 N–H and O–H groups in total. The Morgan fingerprint density at radius 3 is 2.19 bits per heavy atom. The Balaban J connectivity index is 1.71. The average molecular weight is 390 g/mol. The second kappa shape index (κ2) is 7.40. The van der Waals surface area contributed by atoms with Crippen LogP contribution in [0.5, 0.6) is 0 Å². The van der Waals surface area contributed by atoms with Crippen LogP contribution in [0.2, 0.25) is 0 Å². The molecule has 5 nitrogen and oxygen atoms in total. The maximum Gasteiger partial charge on any atom is 0.243 e. The number of halogens is 1. The third kappa shape index (κ3) is 3.89. The second-order valence-electron chi connectivity index (χ2n) is 7.14. The van der Waals surface area contributed by atoms with E-state index in [1.54, 1.807) is 4.90 Å². The Hall–Kier alpha value is -2.25. The minimum atomic E-state index is -3.77. The van der Waals surface area contributed by atoms with Gasteiger partial charge in [0, 0.05) is 26.2 Å². The van der Waals surface area contributed by atoms with Gasteiger partial charge in [0.25, 0.3) is 0 Å². The van der Waals surface area contributed by atoms with Crippen molar-refractivity contribution in [1.82, 2.24) is 9.21 Å². The predicted octanol–water partition coefficient (Wildman–Crippen LogP) is 2.64. The first kappa shape index (κ1) is 19.5. The van der Waals surface area contributed by atoms with Gasteiger partial charge in [-0.1, -0.05) is 36.4 Å². The van der Waals surface area contributed by atoms with Crippen LogP contribution in [-0.4, -0.2) is 49.7 Å². The first-order chi connectivity index (χ1) is 12.7. The molecule has 1 fully saturated rings. The molecule has 0 aromatic heterocycles. The highest BCUT2D eigenvalue weighted by Crippen LogP contribution is 2.27. The average Bonchev–Trinajstić information content (AvgIpc) is 2.68. The number of sulfonamides is 1. The maximum absolute atomic E-state index is 13.4. The SMILES string of the molecule is CC(C)(C(=O)N1CCN(S(=O)(=O)c2cccc(F)c2)CC1)c1ccccc1. The van der Waals surface area contributed by atoms with E-state index in [1.165, 1.54) is 22.5 Å². The molecule has 0 bridgehead atoms. The number of carbonyl (C=O) groups is 1. The second-order valence-corrected chi connectivity index (χ2v) is 9.08. The molecule has 2 aromatic carbocycles. The fourth-order valence-electron chi connectivity index (χ4n) is 3.28. The molecule has 1 aliphatic heterocycles. The Kier molecular flexibility index (Phi) is 5.35. The summed E-state index contributed by atoms with van der Waals surface area (Å²) in [5.74, 6) is -0.619. The van der Waals surface area contributed by atoms with Crippen LogP contribution in [0.15, 0.2) is 59.5 Å². The standard InChI is InChI=1S/C20H23FN2O3S/c1-20(2,16-7-4-3-5-8-16)19(24)22-11-13-23(14-12-22)27(25,26)18-10-6-9-17(21)15-18/h3-10,15H,11-14H2,1-2H3. The lowest BCUT2D eigenvalue weighted by molar-refractivity contribution is -0.137. The zero-order valence-electron chi connectivity index (χ0n) is 15.4. The Morgan fingerprint density at radius 2 is 1.59 bits per heavy atom. The summed E-state index contributed by atoms with van der Waals surface area (Å²) in [6.45, 7) is 4.75. The molecule has 27 heavy (non-hydrogen) atoms. The largest absolute Gasteiger partial charge is 0.339 e. The van der Waals surface area contributed by atoms with Crippen LogP contribution in [0.3, 0.4) is 0 Å². The van der Waals surface area contributed by atoms with Crippen LogP contribution in [0, 0.1) is 5.82 Å². The smallest absolute Gasteiger partial charge is 0.243 e. The molecule has 1 aliphatic rings. The van der Waals surface area contributed by atoms with Crippen LogP contribution in [0.25, 0.3) is 0 Å². The number of benzene rings is 2. The number of piperazine rings is 1. The van der Waals surface area contributed by atoms with Crippen LogP contribution in [0.1, 0.15) is 19.4 Å². The van der Waals surface area contributed by atoms with Crippen molar-refractivity contribution in [2.75, 3.05) is 26.2 Å². The molecule has 1 saturated heterocycles. The van der Waals surface area contributed by atoms with Gasteiger partial charge in [0.1, 0.15) is 5.82 Å². The van der Waals surface area contributed by atoms with Gasteiger partial charge in [0.2, 0.25) is 15.9 Å². The van der Waals surface area contributed by atoms with E-state index >= 15 is 0 Å². The highest BCUT2D eigenvalue weighted by atomic mass is 32.2. The van der Waals surface area contributed by atoms with Gasteiger partial charge in [0.05, 0.1) is 10.3 Å². The van der Waals surface area contributed by atoms with Crippen molar-refractivity contribution in [2.24, 2.45) is 0 Å². The lowest BCUT2D eigenvalue weighted by Crippen LogP contribution is -2.54. The summed E-state index contributed by atoms with van der Waals surface area (Å²) in [5, 5.41) is 0. The molecule has 0 unspecified atom stereocenters. The van der Waals surface area contributed by atoms with Gasteiger partial charge >= 0.3 is 0 Å². The number of carbonyl (C=O) groups excluding carboxylic acids is 1. The summed E-state index contributed by atoms with van der Waals surface area (Å²) in [7, 11) is -3.77. The van der Waals surface area contributed by atoms with E-state index in [1.807, 2.05) is 44.2 Å². The van der Waals surface area contributed by atoms with Gasteiger partial charge in [-0.15, -0.1) is 0 Å². The van der Waals surface area contributed by atoms with E-state index in [-0.39, 0.29) is 23.9 Å².